The van der Waals surface area contributed by atoms with Crippen molar-refractivity contribution in [1.29, 1.82) is 0 Å². The molecular formula is C24H23N3O4. The minimum atomic E-state index is -0.328. The van der Waals surface area contributed by atoms with Crippen molar-refractivity contribution in [3.8, 4) is 17.4 Å². The molecule has 158 valence electrons. The second-order valence-corrected chi connectivity index (χ2v) is 7.27. The zero-order valence-electron chi connectivity index (χ0n) is 17.1. The predicted octanol–water partition coefficient (Wildman–Crippen LogP) is 4.01. The summed E-state index contributed by atoms with van der Waals surface area (Å²) in [7, 11) is 0. The third kappa shape index (κ3) is 5.39. The number of amides is 2. The molecular weight excluding hydrogens is 394 g/mol. The zero-order chi connectivity index (χ0) is 21.6. The van der Waals surface area contributed by atoms with Crippen LogP contribution in [0.3, 0.4) is 0 Å². The Labute approximate surface area is 180 Å². The minimum absolute atomic E-state index is 0.0301. The number of anilines is 1. The Bertz CT molecular complexity index is 1070. The average Bonchev–Trinajstić information content (AvgIpc) is 2.79. The van der Waals surface area contributed by atoms with Crippen LogP contribution in [0.4, 0.5) is 5.69 Å². The summed E-state index contributed by atoms with van der Waals surface area (Å²) in [5, 5.41) is 5.10. The van der Waals surface area contributed by atoms with Crippen LogP contribution >= 0.6 is 0 Å². The highest BCUT2D eigenvalue weighted by Gasteiger charge is 2.21. The Morgan fingerprint density at radius 2 is 1.97 bits per heavy atom. The van der Waals surface area contributed by atoms with E-state index >= 15 is 0 Å². The van der Waals surface area contributed by atoms with Crippen molar-refractivity contribution in [3.63, 3.8) is 0 Å². The van der Waals surface area contributed by atoms with E-state index in [4.69, 9.17) is 9.47 Å². The molecule has 1 aliphatic heterocycles. The predicted molar refractivity (Wildman–Crippen MR) is 116 cm³/mol. The van der Waals surface area contributed by atoms with Gasteiger partial charge < -0.3 is 20.1 Å². The fourth-order valence-electron chi connectivity index (χ4n) is 3.36. The first kappa shape index (κ1) is 20.4. The number of hydrogen-bond donors (Lipinski definition) is 2. The van der Waals surface area contributed by atoms with Gasteiger partial charge in [-0.2, -0.15) is 0 Å². The molecule has 0 saturated carbocycles. The number of fused-ring (bicyclic) bond motifs is 1. The van der Waals surface area contributed by atoms with E-state index in [1.165, 1.54) is 13.1 Å². The van der Waals surface area contributed by atoms with Crippen LogP contribution in [0.5, 0.6) is 17.4 Å². The van der Waals surface area contributed by atoms with Crippen molar-refractivity contribution in [3.05, 3.63) is 78.0 Å². The van der Waals surface area contributed by atoms with Crippen molar-refractivity contribution in [2.24, 2.45) is 0 Å². The number of hydrogen-bond acceptors (Lipinski definition) is 5. The lowest BCUT2D eigenvalue weighted by Crippen LogP contribution is -2.31. The molecule has 31 heavy (non-hydrogen) atoms. The van der Waals surface area contributed by atoms with Crippen LogP contribution in [0.1, 0.15) is 30.6 Å². The molecule has 4 rings (SSSR count). The molecule has 1 aliphatic rings. The lowest BCUT2D eigenvalue weighted by atomic mass is 9.97. The molecule has 2 heterocycles. The summed E-state index contributed by atoms with van der Waals surface area (Å²) < 4.78 is 12.1. The number of aromatic nitrogens is 1. The van der Waals surface area contributed by atoms with Gasteiger partial charge in [-0.25, -0.2) is 4.98 Å². The molecule has 1 aromatic heterocycles. The van der Waals surface area contributed by atoms with Crippen molar-refractivity contribution < 1.29 is 19.1 Å². The number of carbonyl (C=O) groups excluding carboxylic acids is 2. The third-order valence-electron chi connectivity index (χ3n) is 4.90. The molecule has 0 radical (unpaired) electrons. The molecule has 0 bridgehead atoms. The number of nitrogens with zero attached hydrogens (tertiary/aromatic N) is 1. The Hall–Kier alpha value is -3.87. The van der Waals surface area contributed by atoms with Crippen LogP contribution < -0.4 is 20.1 Å². The first-order valence-electron chi connectivity index (χ1n) is 10.1. The highest BCUT2D eigenvalue weighted by Crippen LogP contribution is 2.37. The van der Waals surface area contributed by atoms with Crippen molar-refractivity contribution >= 4 is 17.5 Å². The maximum atomic E-state index is 11.8. The number of pyridine rings is 1. The van der Waals surface area contributed by atoms with E-state index in [1.54, 1.807) is 12.1 Å². The van der Waals surface area contributed by atoms with E-state index in [-0.39, 0.29) is 24.5 Å². The molecule has 7 heteroatoms. The van der Waals surface area contributed by atoms with Crippen molar-refractivity contribution in [1.82, 2.24) is 10.3 Å². The third-order valence-corrected chi connectivity index (χ3v) is 4.90. The van der Waals surface area contributed by atoms with Gasteiger partial charge in [0, 0.05) is 19.1 Å². The molecule has 2 aromatic carbocycles. The van der Waals surface area contributed by atoms with E-state index in [1.807, 2.05) is 36.4 Å². The van der Waals surface area contributed by atoms with Gasteiger partial charge in [0.15, 0.2) is 0 Å². The van der Waals surface area contributed by atoms with Crippen LogP contribution in [0, 0.1) is 0 Å². The summed E-state index contributed by atoms with van der Waals surface area (Å²) in [6.07, 6.45) is 3.41. The first-order valence-corrected chi connectivity index (χ1v) is 10.1. The molecule has 3 aromatic rings. The van der Waals surface area contributed by atoms with Gasteiger partial charge in [0.1, 0.15) is 17.6 Å². The maximum absolute atomic E-state index is 11.8. The fourth-order valence-corrected chi connectivity index (χ4v) is 3.36. The molecule has 7 nitrogen and oxygen atoms in total. The average molecular weight is 417 g/mol. The Morgan fingerprint density at radius 3 is 2.71 bits per heavy atom. The molecule has 0 fully saturated rings. The summed E-state index contributed by atoms with van der Waals surface area (Å²) in [6.45, 7) is 1.27. The Morgan fingerprint density at radius 1 is 1.13 bits per heavy atom. The second-order valence-electron chi connectivity index (χ2n) is 7.27. The molecule has 2 N–H and O–H groups in total. The highest BCUT2D eigenvalue weighted by molar-refractivity contribution is 5.94. The van der Waals surface area contributed by atoms with Gasteiger partial charge in [-0.05, 0) is 36.1 Å². The number of aryl methyl sites for hydroxylation is 1. The van der Waals surface area contributed by atoms with Crippen LogP contribution in [0.25, 0.3) is 0 Å². The van der Waals surface area contributed by atoms with Gasteiger partial charge in [-0.15, -0.1) is 0 Å². The SMILES string of the molecule is CC(=O)NCC(=O)Nc1ccc(Oc2ccc3c(c2)OC(c2ccccc2)CC3)nc1. The number of ether oxygens (including phenoxy) is 2. The summed E-state index contributed by atoms with van der Waals surface area (Å²) in [5.74, 6) is 1.25. The van der Waals surface area contributed by atoms with Crippen molar-refractivity contribution in [2.45, 2.75) is 25.9 Å². The van der Waals surface area contributed by atoms with Crippen LogP contribution in [-0.2, 0) is 16.0 Å². The summed E-state index contributed by atoms with van der Waals surface area (Å²) >= 11 is 0. The standard InChI is InChI=1S/C24H23N3O4/c1-16(28)25-15-23(29)27-19-9-12-24(26-14-19)30-20-10-7-18-8-11-21(31-22(18)13-20)17-5-3-2-4-6-17/h2-7,9-10,12-14,21H,8,11,15H2,1H3,(H,25,28)(H,27,29). The summed E-state index contributed by atoms with van der Waals surface area (Å²) in [6, 6.07) is 19.4. The van der Waals surface area contributed by atoms with Gasteiger partial charge in [-0.3, -0.25) is 9.59 Å². The summed E-state index contributed by atoms with van der Waals surface area (Å²) in [4.78, 5) is 26.9. The van der Waals surface area contributed by atoms with E-state index in [2.05, 4.69) is 27.8 Å². The Kier molecular flexibility index (Phi) is 6.12. The number of rotatable bonds is 6. The monoisotopic (exact) mass is 417 g/mol. The lowest BCUT2D eigenvalue weighted by molar-refractivity contribution is -0.122. The first-order chi connectivity index (χ1) is 15.1. The smallest absolute Gasteiger partial charge is 0.243 e. The second kappa shape index (κ2) is 9.30. The largest absolute Gasteiger partial charge is 0.485 e. The van der Waals surface area contributed by atoms with Gasteiger partial charge >= 0.3 is 0 Å². The molecule has 1 atom stereocenters. The normalized spacial score (nSPS) is 14.7. The number of nitrogens with one attached hydrogen (secondary N) is 2. The molecule has 2 amide bonds. The molecule has 0 spiro atoms. The number of benzene rings is 2. The van der Waals surface area contributed by atoms with E-state index in [9.17, 15) is 9.59 Å². The fraction of sp³-hybridized carbons (Fsp3) is 0.208. The van der Waals surface area contributed by atoms with Gasteiger partial charge in [0.05, 0.1) is 18.4 Å². The molecule has 0 aliphatic carbocycles. The highest BCUT2D eigenvalue weighted by atomic mass is 16.5. The quantitative estimate of drug-likeness (QED) is 0.632. The molecule has 0 saturated heterocycles. The maximum Gasteiger partial charge on any atom is 0.243 e. The van der Waals surface area contributed by atoms with Crippen LogP contribution in [-0.4, -0.2) is 23.3 Å². The lowest BCUT2D eigenvalue weighted by Gasteiger charge is -2.26. The van der Waals surface area contributed by atoms with Gasteiger partial charge in [-0.1, -0.05) is 36.4 Å². The zero-order valence-corrected chi connectivity index (χ0v) is 17.1. The summed E-state index contributed by atoms with van der Waals surface area (Å²) in [5.41, 5.74) is 2.84. The van der Waals surface area contributed by atoms with Crippen molar-refractivity contribution in [2.75, 3.05) is 11.9 Å². The number of carbonyl (C=O) groups is 2. The van der Waals surface area contributed by atoms with E-state index in [0.29, 0.717) is 17.3 Å². The molecule has 1 unspecified atom stereocenters. The van der Waals surface area contributed by atoms with E-state index in [0.717, 1.165) is 29.7 Å². The van der Waals surface area contributed by atoms with Gasteiger partial charge in [0.25, 0.3) is 0 Å². The minimum Gasteiger partial charge on any atom is -0.485 e. The van der Waals surface area contributed by atoms with Crippen LogP contribution in [0.15, 0.2) is 66.9 Å². The van der Waals surface area contributed by atoms with Gasteiger partial charge in [0.2, 0.25) is 17.7 Å². The van der Waals surface area contributed by atoms with Crippen LogP contribution in [0.2, 0.25) is 0 Å². The topological polar surface area (TPSA) is 89.6 Å². The van der Waals surface area contributed by atoms with E-state index < -0.39 is 0 Å². The Balaban J connectivity index is 1.39.